The zero-order chi connectivity index (χ0) is 28.1. The number of imide groups is 1. The molecule has 0 atom stereocenters. The molecule has 1 saturated heterocycles. The van der Waals surface area contributed by atoms with Crippen molar-refractivity contribution in [1.29, 1.82) is 0 Å². The lowest BCUT2D eigenvalue weighted by Gasteiger charge is -2.14. The van der Waals surface area contributed by atoms with Gasteiger partial charge in [-0.25, -0.2) is 4.39 Å². The standard InChI is InChI=1S/C27H21BrClFN2O6S/c1-36-21-8-7-18(12-20(21)29)31-24(33)13-32-26(34)23(39-27(32)35)11-16-9-19(28)25(22(10-16)37-2)38-14-15-3-5-17(30)6-4-15/h3-12H,13-14H2,1-2H3,(H,31,33)/b23-11+. The van der Waals surface area contributed by atoms with Crippen LogP contribution in [0.1, 0.15) is 11.1 Å². The summed E-state index contributed by atoms with van der Waals surface area (Å²) in [7, 11) is 2.94. The van der Waals surface area contributed by atoms with Crippen molar-refractivity contribution in [3.63, 3.8) is 0 Å². The van der Waals surface area contributed by atoms with Crippen LogP contribution in [0.25, 0.3) is 6.08 Å². The number of nitrogens with one attached hydrogen (secondary N) is 1. The van der Waals surface area contributed by atoms with Crippen LogP contribution in [0.3, 0.4) is 0 Å². The zero-order valence-electron chi connectivity index (χ0n) is 20.6. The van der Waals surface area contributed by atoms with Gasteiger partial charge in [0.05, 0.1) is 28.6 Å². The molecule has 0 bridgehead atoms. The Morgan fingerprint density at radius 2 is 1.79 bits per heavy atom. The molecule has 3 aromatic carbocycles. The van der Waals surface area contributed by atoms with Crippen molar-refractivity contribution in [2.45, 2.75) is 6.61 Å². The first-order valence-electron chi connectivity index (χ1n) is 11.3. The van der Waals surface area contributed by atoms with Crippen molar-refractivity contribution in [3.8, 4) is 17.2 Å². The van der Waals surface area contributed by atoms with E-state index in [1.165, 1.54) is 38.5 Å². The largest absolute Gasteiger partial charge is 0.495 e. The predicted octanol–water partition coefficient (Wildman–Crippen LogP) is 6.51. The minimum atomic E-state index is -0.598. The molecule has 1 fully saturated rings. The van der Waals surface area contributed by atoms with Gasteiger partial charge in [0.2, 0.25) is 5.91 Å². The number of amides is 3. The van der Waals surface area contributed by atoms with Crippen LogP contribution in [0.2, 0.25) is 5.02 Å². The van der Waals surface area contributed by atoms with Gasteiger partial charge in [0.25, 0.3) is 11.1 Å². The van der Waals surface area contributed by atoms with Gasteiger partial charge in [-0.2, -0.15) is 0 Å². The van der Waals surface area contributed by atoms with Gasteiger partial charge in [-0.15, -0.1) is 0 Å². The van der Waals surface area contributed by atoms with Crippen molar-refractivity contribution in [2.75, 3.05) is 26.1 Å². The van der Waals surface area contributed by atoms with Crippen LogP contribution in [-0.2, 0) is 16.2 Å². The van der Waals surface area contributed by atoms with Gasteiger partial charge in [0.1, 0.15) is 24.7 Å². The van der Waals surface area contributed by atoms with Crippen LogP contribution in [0.15, 0.2) is 64.0 Å². The molecule has 0 spiro atoms. The number of rotatable bonds is 9. The fourth-order valence-electron chi connectivity index (χ4n) is 3.58. The molecule has 39 heavy (non-hydrogen) atoms. The summed E-state index contributed by atoms with van der Waals surface area (Å²) in [5, 5.41) is 2.35. The van der Waals surface area contributed by atoms with E-state index in [2.05, 4.69) is 21.2 Å². The molecule has 0 saturated carbocycles. The minimum absolute atomic E-state index is 0.147. The summed E-state index contributed by atoms with van der Waals surface area (Å²) in [6.45, 7) is -0.285. The number of nitrogens with zero attached hydrogens (tertiary/aromatic N) is 1. The Morgan fingerprint density at radius 1 is 1.08 bits per heavy atom. The maximum absolute atomic E-state index is 13.2. The van der Waals surface area contributed by atoms with Crippen molar-refractivity contribution in [3.05, 3.63) is 85.9 Å². The average molecular weight is 636 g/mol. The second kappa shape index (κ2) is 12.5. The Balaban J connectivity index is 1.45. The Morgan fingerprint density at radius 3 is 2.46 bits per heavy atom. The molecule has 202 valence electrons. The van der Waals surface area contributed by atoms with Gasteiger partial charge >= 0.3 is 0 Å². The SMILES string of the molecule is COc1ccc(NC(=O)CN2C(=O)S/C(=C/c3cc(Br)c(OCc4ccc(F)cc4)c(OC)c3)C2=O)cc1Cl. The number of carbonyl (C=O) groups is 3. The number of hydrogen-bond donors (Lipinski definition) is 1. The number of halogens is 3. The van der Waals surface area contributed by atoms with Gasteiger partial charge in [0, 0.05) is 5.69 Å². The topological polar surface area (TPSA) is 94.2 Å². The second-order valence-corrected chi connectivity index (χ2v) is 10.4. The molecule has 3 aromatic rings. The lowest BCUT2D eigenvalue weighted by Crippen LogP contribution is -2.36. The lowest BCUT2D eigenvalue weighted by atomic mass is 10.1. The van der Waals surface area contributed by atoms with E-state index in [9.17, 15) is 18.8 Å². The summed E-state index contributed by atoms with van der Waals surface area (Å²) in [6.07, 6.45) is 1.53. The molecule has 0 aromatic heterocycles. The highest BCUT2D eigenvalue weighted by atomic mass is 79.9. The molecule has 0 unspecified atom stereocenters. The van der Waals surface area contributed by atoms with Crippen LogP contribution in [0.5, 0.6) is 17.2 Å². The predicted molar refractivity (Wildman–Crippen MR) is 151 cm³/mol. The van der Waals surface area contributed by atoms with Crippen LogP contribution < -0.4 is 19.5 Å². The molecule has 3 amide bonds. The third kappa shape index (κ3) is 6.92. The first-order valence-corrected chi connectivity index (χ1v) is 13.3. The summed E-state index contributed by atoms with van der Waals surface area (Å²) in [6, 6.07) is 14.0. The number of thioether (sulfide) groups is 1. The number of anilines is 1. The molecule has 8 nitrogen and oxygen atoms in total. The minimum Gasteiger partial charge on any atom is -0.495 e. The van der Waals surface area contributed by atoms with E-state index in [1.807, 2.05) is 0 Å². The highest BCUT2D eigenvalue weighted by molar-refractivity contribution is 9.10. The summed E-state index contributed by atoms with van der Waals surface area (Å²) >= 11 is 10.3. The normalized spacial score (nSPS) is 14.1. The smallest absolute Gasteiger partial charge is 0.294 e. The van der Waals surface area contributed by atoms with Crippen LogP contribution >= 0.6 is 39.3 Å². The van der Waals surface area contributed by atoms with Gasteiger partial charge in [-0.1, -0.05) is 23.7 Å². The van der Waals surface area contributed by atoms with Crippen molar-refractivity contribution in [2.24, 2.45) is 0 Å². The molecule has 1 aliphatic rings. The van der Waals surface area contributed by atoms with E-state index >= 15 is 0 Å². The van der Waals surface area contributed by atoms with Crippen LogP contribution in [0, 0.1) is 5.82 Å². The summed E-state index contributed by atoms with van der Waals surface area (Å²) in [5.41, 5.74) is 1.73. The number of benzene rings is 3. The van der Waals surface area contributed by atoms with Crippen LogP contribution in [-0.4, -0.2) is 42.7 Å². The first kappa shape index (κ1) is 28.5. The zero-order valence-corrected chi connectivity index (χ0v) is 23.8. The Kier molecular flexibility index (Phi) is 9.16. The number of methoxy groups -OCH3 is 2. The van der Waals surface area contributed by atoms with Gasteiger partial charge in [0.15, 0.2) is 11.5 Å². The lowest BCUT2D eigenvalue weighted by molar-refractivity contribution is -0.127. The fraction of sp³-hybridized carbons (Fsp3) is 0.148. The Hall–Kier alpha value is -3.54. The first-order chi connectivity index (χ1) is 18.7. The fourth-order valence-corrected chi connectivity index (χ4v) is 5.25. The molecule has 4 rings (SSSR count). The molecular formula is C27H21BrClFN2O6S. The molecule has 0 radical (unpaired) electrons. The third-order valence-corrected chi connectivity index (χ3v) is 7.25. The van der Waals surface area contributed by atoms with E-state index in [1.54, 1.807) is 36.4 Å². The number of ether oxygens (including phenoxy) is 3. The monoisotopic (exact) mass is 634 g/mol. The summed E-state index contributed by atoms with van der Waals surface area (Å²) in [4.78, 5) is 39.0. The van der Waals surface area contributed by atoms with Crippen molar-refractivity contribution >= 4 is 68.1 Å². The Bertz CT molecular complexity index is 1470. The van der Waals surface area contributed by atoms with E-state index in [-0.39, 0.29) is 17.3 Å². The maximum Gasteiger partial charge on any atom is 0.294 e. The van der Waals surface area contributed by atoms with Crippen LogP contribution in [0.4, 0.5) is 14.9 Å². The number of carbonyl (C=O) groups excluding carboxylic acids is 3. The van der Waals surface area contributed by atoms with E-state index < -0.39 is 23.6 Å². The van der Waals surface area contributed by atoms with E-state index in [0.29, 0.717) is 38.0 Å². The molecule has 1 aliphatic heterocycles. The quantitative estimate of drug-likeness (QED) is 0.268. The third-order valence-electron chi connectivity index (χ3n) is 5.46. The van der Waals surface area contributed by atoms with Crippen molar-refractivity contribution in [1.82, 2.24) is 4.90 Å². The summed E-state index contributed by atoms with van der Waals surface area (Å²) in [5.74, 6) is -0.251. The highest BCUT2D eigenvalue weighted by Crippen LogP contribution is 2.39. The molecule has 12 heteroatoms. The van der Waals surface area contributed by atoms with Gasteiger partial charge in [-0.3, -0.25) is 19.3 Å². The molecule has 0 aliphatic carbocycles. The molecule has 1 heterocycles. The number of hydrogen-bond acceptors (Lipinski definition) is 7. The van der Waals surface area contributed by atoms with E-state index in [4.69, 9.17) is 25.8 Å². The maximum atomic E-state index is 13.2. The molecule has 1 N–H and O–H groups in total. The summed E-state index contributed by atoms with van der Waals surface area (Å²) < 4.78 is 30.1. The van der Waals surface area contributed by atoms with E-state index in [0.717, 1.165) is 22.2 Å². The Labute approximate surface area is 241 Å². The van der Waals surface area contributed by atoms with Gasteiger partial charge in [-0.05, 0) is 87.4 Å². The van der Waals surface area contributed by atoms with Crippen molar-refractivity contribution < 1.29 is 33.0 Å². The second-order valence-electron chi connectivity index (χ2n) is 8.11. The van der Waals surface area contributed by atoms with Gasteiger partial charge < -0.3 is 19.5 Å². The average Bonchev–Trinajstić information content (AvgIpc) is 3.16. The molecular weight excluding hydrogens is 615 g/mol. The highest BCUT2D eigenvalue weighted by Gasteiger charge is 2.36.